The maximum Gasteiger partial charge on any atom is 0.220 e. The van der Waals surface area contributed by atoms with E-state index >= 15 is 0 Å². The number of aliphatic hydroxyl groups excluding tert-OH is 2. The zero-order valence-corrected chi connectivity index (χ0v) is 27.8. The van der Waals surface area contributed by atoms with Crippen molar-refractivity contribution in [1.82, 2.24) is 5.32 Å². The molecule has 0 heterocycles. The summed E-state index contributed by atoms with van der Waals surface area (Å²) in [5.41, 5.74) is 0. The van der Waals surface area contributed by atoms with E-state index in [9.17, 15) is 15.0 Å². The highest BCUT2D eigenvalue weighted by atomic mass is 16.3. The van der Waals surface area contributed by atoms with Crippen molar-refractivity contribution in [2.75, 3.05) is 6.61 Å². The van der Waals surface area contributed by atoms with Gasteiger partial charge >= 0.3 is 0 Å². The average Bonchev–Trinajstić information content (AvgIpc) is 2.97. The van der Waals surface area contributed by atoms with Crippen LogP contribution in [-0.4, -0.2) is 34.9 Å². The van der Waals surface area contributed by atoms with Crippen molar-refractivity contribution < 1.29 is 15.0 Å². The van der Waals surface area contributed by atoms with Gasteiger partial charge in [0.25, 0.3) is 0 Å². The second-order valence-corrected chi connectivity index (χ2v) is 12.6. The van der Waals surface area contributed by atoms with Gasteiger partial charge < -0.3 is 15.5 Å². The molecular formula is C37H73NO3. The fourth-order valence-corrected chi connectivity index (χ4v) is 5.65. The van der Waals surface area contributed by atoms with Gasteiger partial charge in [-0.3, -0.25) is 4.79 Å². The lowest BCUT2D eigenvalue weighted by molar-refractivity contribution is -0.123. The Hall–Kier alpha value is -0.870. The van der Waals surface area contributed by atoms with Gasteiger partial charge in [0, 0.05) is 6.42 Å². The van der Waals surface area contributed by atoms with Crippen molar-refractivity contribution in [2.24, 2.45) is 0 Å². The summed E-state index contributed by atoms with van der Waals surface area (Å²) in [6, 6.07) is -0.532. The molecule has 0 aromatic carbocycles. The van der Waals surface area contributed by atoms with Gasteiger partial charge in [-0.25, -0.2) is 0 Å². The summed E-state index contributed by atoms with van der Waals surface area (Å²) in [4.78, 5) is 12.3. The Labute approximate surface area is 256 Å². The molecule has 2 unspecified atom stereocenters. The standard InChI is InChI=1S/C37H73NO3/c1-3-5-7-9-11-13-15-16-17-18-19-20-21-23-25-27-29-31-33-37(41)38-35(34-39)36(40)32-30-28-26-24-22-14-12-10-8-6-4-2/h17-18,35-36,39-40H,3-16,19-34H2,1-2H3,(H,38,41)/b18-17-. The number of allylic oxidation sites excluding steroid dienone is 2. The van der Waals surface area contributed by atoms with E-state index in [1.54, 1.807) is 0 Å². The lowest BCUT2D eigenvalue weighted by Crippen LogP contribution is -2.45. The molecule has 3 N–H and O–H groups in total. The Morgan fingerprint density at radius 1 is 0.561 bits per heavy atom. The highest BCUT2D eigenvalue weighted by Crippen LogP contribution is 2.14. The molecule has 0 aromatic rings. The summed E-state index contributed by atoms with van der Waals surface area (Å²) in [5.74, 6) is -0.0367. The Balaban J connectivity index is 3.54. The van der Waals surface area contributed by atoms with E-state index in [-0.39, 0.29) is 12.5 Å². The summed E-state index contributed by atoms with van der Waals surface area (Å²) < 4.78 is 0. The molecule has 0 saturated heterocycles. The first-order valence-corrected chi connectivity index (χ1v) is 18.4. The van der Waals surface area contributed by atoms with Crippen LogP contribution in [0, 0.1) is 0 Å². The monoisotopic (exact) mass is 580 g/mol. The van der Waals surface area contributed by atoms with Crippen LogP contribution in [0.25, 0.3) is 0 Å². The van der Waals surface area contributed by atoms with E-state index in [1.165, 1.54) is 148 Å². The van der Waals surface area contributed by atoms with Gasteiger partial charge in [-0.2, -0.15) is 0 Å². The van der Waals surface area contributed by atoms with Crippen molar-refractivity contribution in [3.63, 3.8) is 0 Å². The molecular weight excluding hydrogens is 506 g/mol. The van der Waals surface area contributed by atoms with Crippen LogP contribution in [0.2, 0.25) is 0 Å². The number of hydrogen-bond acceptors (Lipinski definition) is 3. The first-order chi connectivity index (χ1) is 20.2. The Morgan fingerprint density at radius 2 is 0.927 bits per heavy atom. The molecule has 4 heteroatoms. The first-order valence-electron chi connectivity index (χ1n) is 18.4. The van der Waals surface area contributed by atoms with Crippen LogP contribution in [0.4, 0.5) is 0 Å². The van der Waals surface area contributed by atoms with Crippen LogP contribution in [0.3, 0.4) is 0 Å². The van der Waals surface area contributed by atoms with Crippen LogP contribution in [0.15, 0.2) is 12.2 Å². The molecule has 0 fully saturated rings. The molecule has 0 aromatic heterocycles. The molecule has 0 bridgehead atoms. The maximum absolute atomic E-state index is 12.3. The second-order valence-electron chi connectivity index (χ2n) is 12.6. The number of hydrogen-bond donors (Lipinski definition) is 3. The third kappa shape index (κ3) is 30.4. The smallest absolute Gasteiger partial charge is 0.220 e. The molecule has 1 amide bonds. The van der Waals surface area contributed by atoms with Crippen LogP contribution in [0.5, 0.6) is 0 Å². The van der Waals surface area contributed by atoms with Crippen LogP contribution < -0.4 is 5.32 Å². The zero-order valence-electron chi connectivity index (χ0n) is 27.8. The SMILES string of the molecule is CCCCCCCCC/C=C\CCCCCCCCCC(=O)NC(CO)C(O)CCCCCCCCCCCCC. The molecule has 4 nitrogen and oxygen atoms in total. The molecule has 2 atom stereocenters. The van der Waals surface area contributed by atoms with E-state index in [0.29, 0.717) is 12.8 Å². The Kier molecular flexibility index (Phi) is 32.9. The normalized spacial score (nSPS) is 13.2. The Bertz CT molecular complexity index is 550. The van der Waals surface area contributed by atoms with Crippen LogP contribution in [0.1, 0.15) is 200 Å². The van der Waals surface area contributed by atoms with Crippen LogP contribution in [-0.2, 0) is 4.79 Å². The lowest BCUT2D eigenvalue weighted by atomic mass is 10.0. The second kappa shape index (κ2) is 33.6. The van der Waals surface area contributed by atoms with Gasteiger partial charge in [-0.05, 0) is 38.5 Å². The third-order valence-corrected chi connectivity index (χ3v) is 8.53. The predicted molar refractivity (Wildman–Crippen MR) is 179 cm³/mol. The van der Waals surface area contributed by atoms with E-state index in [0.717, 1.165) is 25.7 Å². The molecule has 0 rings (SSSR count). The molecule has 0 aliphatic heterocycles. The summed E-state index contributed by atoms with van der Waals surface area (Å²) >= 11 is 0. The fourth-order valence-electron chi connectivity index (χ4n) is 5.65. The minimum absolute atomic E-state index is 0.0367. The van der Waals surface area contributed by atoms with Gasteiger partial charge in [-0.1, -0.05) is 167 Å². The molecule has 244 valence electrons. The quantitative estimate of drug-likeness (QED) is 0.0535. The average molecular weight is 580 g/mol. The van der Waals surface area contributed by atoms with Gasteiger partial charge in [-0.15, -0.1) is 0 Å². The first kappa shape index (κ1) is 40.1. The Morgan fingerprint density at radius 3 is 1.34 bits per heavy atom. The van der Waals surface area contributed by atoms with E-state index in [2.05, 4.69) is 31.3 Å². The number of nitrogens with one attached hydrogen (secondary N) is 1. The van der Waals surface area contributed by atoms with Gasteiger partial charge in [0.2, 0.25) is 5.91 Å². The number of carbonyl (C=O) groups excluding carboxylic acids is 1. The topological polar surface area (TPSA) is 69.6 Å². The van der Waals surface area contributed by atoms with E-state index in [1.807, 2.05) is 0 Å². The summed E-state index contributed by atoms with van der Waals surface area (Å²) in [6.07, 6.45) is 39.8. The largest absolute Gasteiger partial charge is 0.394 e. The number of aliphatic hydroxyl groups is 2. The number of rotatable bonds is 33. The molecule has 0 aliphatic carbocycles. The number of carbonyl (C=O) groups is 1. The minimum atomic E-state index is -0.655. The highest BCUT2D eigenvalue weighted by Gasteiger charge is 2.19. The van der Waals surface area contributed by atoms with Crippen molar-refractivity contribution in [1.29, 1.82) is 0 Å². The summed E-state index contributed by atoms with van der Waals surface area (Å²) in [5, 5.41) is 23.0. The summed E-state index contributed by atoms with van der Waals surface area (Å²) in [6.45, 7) is 4.34. The zero-order chi connectivity index (χ0) is 30.1. The van der Waals surface area contributed by atoms with Crippen molar-refractivity contribution in [2.45, 2.75) is 212 Å². The van der Waals surface area contributed by atoms with Crippen molar-refractivity contribution >= 4 is 5.91 Å². The maximum atomic E-state index is 12.3. The number of amides is 1. The highest BCUT2D eigenvalue weighted by molar-refractivity contribution is 5.76. The molecule has 0 spiro atoms. The summed E-state index contributed by atoms with van der Waals surface area (Å²) in [7, 11) is 0. The van der Waals surface area contributed by atoms with Crippen molar-refractivity contribution in [3.8, 4) is 0 Å². The minimum Gasteiger partial charge on any atom is -0.394 e. The molecule has 41 heavy (non-hydrogen) atoms. The van der Waals surface area contributed by atoms with Crippen molar-refractivity contribution in [3.05, 3.63) is 12.2 Å². The van der Waals surface area contributed by atoms with E-state index < -0.39 is 12.1 Å². The molecule has 0 saturated carbocycles. The van der Waals surface area contributed by atoms with E-state index in [4.69, 9.17) is 0 Å². The van der Waals surface area contributed by atoms with Gasteiger partial charge in [0.05, 0.1) is 18.8 Å². The van der Waals surface area contributed by atoms with Crippen LogP contribution >= 0.6 is 0 Å². The number of unbranched alkanes of at least 4 members (excludes halogenated alkanes) is 24. The predicted octanol–water partition coefficient (Wildman–Crippen LogP) is 10.7. The fraction of sp³-hybridized carbons (Fsp3) is 0.919. The molecule has 0 aliphatic rings. The lowest BCUT2D eigenvalue weighted by Gasteiger charge is -2.22. The van der Waals surface area contributed by atoms with Gasteiger partial charge in [0.15, 0.2) is 0 Å². The molecule has 0 radical (unpaired) electrons. The third-order valence-electron chi connectivity index (χ3n) is 8.53. The van der Waals surface area contributed by atoms with Gasteiger partial charge in [0.1, 0.15) is 0 Å².